The summed E-state index contributed by atoms with van der Waals surface area (Å²) < 4.78 is 66.3. The molecule has 154 valence electrons. The number of nitrogens with one attached hydrogen (secondary N) is 1. The van der Waals surface area contributed by atoms with Gasteiger partial charge in [-0.15, -0.1) is 13.2 Å². The normalized spacial score (nSPS) is 27.0. The molecule has 2 unspecified atom stereocenters. The van der Waals surface area contributed by atoms with Gasteiger partial charge in [0.25, 0.3) is 6.43 Å². The molecule has 0 bridgehead atoms. The van der Waals surface area contributed by atoms with Crippen molar-refractivity contribution in [1.29, 1.82) is 5.41 Å². The van der Waals surface area contributed by atoms with Crippen LogP contribution in [0.1, 0.15) is 24.8 Å². The second-order valence-corrected chi connectivity index (χ2v) is 7.01. The molecule has 1 aromatic heterocycles. The lowest BCUT2D eigenvalue weighted by atomic mass is 9.98. The number of alkyl halides is 5. The Morgan fingerprint density at radius 1 is 1.36 bits per heavy atom. The van der Waals surface area contributed by atoms with Gasteiger partial charge >= 0.3 is 6.36 Å². The molecule has 0 spiro atoms. The van der Waals surface area contributed by atoms with Crippen LogP contribution in [0.5, 0.6) is 5.75 Å². The van der Waals surface area contributed by atoms with Crippen molar-refractivity contribution in [3.8, 4) is 5.75 Å². The summed E-state index contributed by atoms with van der Waals surface area (Å²) in [7, 11) is 0. The molecule has 2 aliphatic carbocycles. The molecular formula is C17H19F5N4O2. The number of ether oxygens (including phenoxy) is 1. The summed E-state index contributed by atoms with van der Waals surface area (Å²) in [5, 5.41) is 17.8. The highest BCUT2D eigenvalue weighted by molar-refractivity contribution is 6.12. The Morgan fingerprint density at radius 2 is 2.00 bits per heavy atom. The first-order valence-corrected chi connectivity index (χ1v) is 8.63. The van der Waals surface area contributed by atoms with Crippen LogP contribution in [0.3, 0.4) is 0 Å². The molecule has 0 radical (unpaired) electrons. The van der Waals surface area contributed by atoms with Crippen LogP contribution in [0.15, 0.2) is 17.3 Å². The van der Waals surface area contributed by atoms with Gasteiger partial charge in [-0.1, -0.05) is 0 Å². The number of anilines is 1. The number of aromatic nitrogens is 1. The van der Waals surface area contributed by atoms with Crippen molar-refractivity contribution in [1.82, 2.24) is 4.98 Å². The minimum Gasteiger partial charge on any atom is -0.402 e. The summed E-state index contributed by atoms with van der Waals surface area (Å²) in [6.45, 7) is -0.705. The van der Waals surface area contributed by atoms with Crippen LogP contribution in [-0.2, 0) is 0 Å². The van der Waals surface area contributed by atoms with E-state index >= 15 is 0 Å². The van der Waals surface area contributed by atoms with Crippen LogP contribution in [0, 0.1) is 23.2 Å². The second-order valence-electron chi connectivity index (χ2n) is 7.01. The molecular weight excluding hydrogens is 387 g/mol. The third kappa shape index (κ3) is 4.75. The number of aliphatic hydroxyl groups excluding tert-OH is 1. The van der Waals surface area contributed by atoms with Gasteiger partial charge in [0.15, 0.2) is 11.6 Å². The lowest BCUT2D eigenvalue weighted by molar-refractivity contribution is -0.274. The van der Waals surface area contributed by atoms with E-state index in [9.17, 15) is 27.1 Å². The summed E-state index contributed by atoms with van der Waals surface area (Å²) in [6, 6.07) is 0.945. The summed E-state index contributed by atoms with van der Waals surface area (Å²) >= 11 is 0. The van der Waals surface area contributed by atoms with Crippen molar-refractivity contribution in [2.75, 3.05) is 12.3 Å². The van der Waals surface area contributed by atoms with Crippen LogP contribution in [-0.4, -0.2) is 47.0 Å². The summed E-state index contributed by atoms with van der Waals surface area (Å²) in [4.78, 5) is 7.56. The third-order valence-electron chi connectivity index (χ3n) is 5.05. The van der Waals surface area contributed by atoms with Crippen LogP contribution in [0.25, 0.3) is 0 Å². The number of halogens is 5. The molecule has 1 aromatic rings. The lowest BCUT2D eigenvalue weighted by Gasteiger charge is -2.14. The minimum absolute atomic E-state index is 0.0315. The van der Waals surface area contributed by atoms with Crippen molar-refractivity contribution < 1.29 is 31.8 Å². The molecule has 2 fully saturated rings. The van der Waals surface area contributed by atoms with Gasteiger partial charge in [-0.3, -0.25) is 4.99 Å². The average molecular weight is 406 g/mol. The number of pyridine rings is 1. The SMILES string of the molecule is N=C(CC(=NCC(F)F)C1C2CC(O)CC21)c1cnc(N)c(OC(F)(F)F)c1. The van der Waals surface area contributed by atoms with Gasteiger partial charge in [0.05, 0.1) is 12.6 Å². The van der Waals surface area contributed by atoms with Crippen molar-refractivity contribution in [3.63, 3.8) is 0 Å². The van der Waals surface area contributed by atoms with E-state index in [1.54, 1.807) is 0 Å². The Balaban J connectivity index is 1.75. The zero-order valence-electron chi connectivity index (χ0n) is 14.6. The monoisotopic (exact) mass is 406 g/mol. The number of aliphatic imine (C=N–C) groups is 1. The number of nitrogens with two attached hydrogens (primary N) is 1. The molecule has 0 saturated heterocycles. The number of hydrogen-bond donors (Lipinski definition) is 3. The number of nitrogens with zero attached hydrogens (tertiary/aromatic N) is 2. The molecule has 0 aromatic carbocycles. The first kappa shape index (κ1) is 20.4. The number of nitrogen functional groups attached to an aromatic ring is 1. The first-order valence-electron chi connectivity index (χ1n) is 8.63. The molecule has 3 rings (SSSR count). The van der Waals surface area contributed by atoms with Crippen molar-refractivity contribution in [2.45, 2.75) is 38.2 Å². The number of rotatable bonds is 7. The molecule has 2 saturated carbocycles. The van der Waals surface area contributed by atoms with Crippen LogP contribution in [0.4, 0.5) is 27.8 Å². The number of hydrogen-bond acceptors (Lipinski definition) is 6. The van der Waals surface area contributed by atoms with Crippen LogP contribution >= 0.6 is 0 Å². The van der Waals surface area contributed by atoms with Gasteiger partial charge < -0.3 is 21.0 Å². The van der Waals surface area contributed by atoms with Gasteiger partial charge in [-0.25, -0.2) is 13.8 Å². The highest BCUT2D eigenvalue weighted by Gasteiger charge is 2.57. The minimum atomic E-state index is -4.97. The van der Waals surface area contributed by atoms with Gasteiger partial charge in [0, 0.05) is 35.5 Å². The standard InChI is InChI=1S/C17H19F5N4O2/c18-14(19)6-25-12(15-9-2-8(27)3-10(9)15)4-11(23)7-1-13(16(24)26-5-7)28-17(20,21)22/h1,5,8-10,14-15,23,27H,2-4,6H2,(H2,24,26). The molecule has 0 amide bonds. The first-order chi connectivity index (χ1) is 13.0. The Labute approximate surface area is 157 Å². The zero-order chi connectivity index (χ0) is 20.6. The zero-order valence-corrected chi connectivity index (χ0v) is 14.6. The van der Waals surface area contributed by atoms with Crippen LogP contribution < -0.4 is 10.5 Å². The topological polar surface area (TPSA) is 105 Å². The Morgan fingerprint density at radius 3 is 2.57 bits per heavy atom. The maximum absolute atomic E-state index is 12.6. The fraction of sp³-hybridized carbons (Fsp3) is 0.588. The van der Waals surface area contributed by atoms with E-state index < -0.39 is 37.0 Å². The summed E-state index contributed by atoms with van der Waals surface area (Å²) in [6.07, 6.45) is -5.87. The van der Waals surface area contributed by atoms with Crippen molar-refractivity contribution in [3.05, 3.63) is 17.8 Å². The number of fused-ring (bicyclic) bond motifs is 1. The molecule has 6 nitrogen and oxygen atoms in total. The molecule has 1 heterocycles. The van der Waals surface area contributed by atoms with E-state index in [-0.39, 0.29) is 35.4 Å². The largest absolute Gasteiger partial charge is 0.573 e. The van der Waals surface area contributed by atoms with E-state index in [0.29, 0.717) is 18.6 Å². The highest BCUT2D eigenvalue weighted by atomic mass is 19.4. The van der Waals surface area contributed by atoms with Gasteiger partial charge in [-0.05, 0) is 30.7 Å². The maximum Gasteiger partial charge on any atom is 0.573 e. The fourth-order valence-corrected chi connectivity index (χ4v) is 3.88. The van der Waals surface area contributed by atoms with E-state index in [1.165, 1.54) is 0 Å². The van der Waals surface area contributed by atoms with Crippen LogP contribution in [0.2, 0.25) is 0 Å². The average Bonchev–Trinajstić information content (AvgIpc) is 3.07. The lowest BCUT2D eigenvalue weighted by Crippen LogP contribution is -2.20. The number of aliphatic hydroxyl groups is 1. The highest BCUT2D eigenvalue weighted by Crippen LogP contribution is 2.58. The molecule has 0 aliphatic heterocycles. The Bertz CT molecular complexity index is 771. The second kappa shape index (κ2) is 7.61. The summed E-state index contributed by atoms with van der Waals surface area (Å²) in [5.74, 6) is -1.01. The maximum atomic E-state index is 12.6. The van der Waals surface area contributed by atoms with Gasteiger partial charge in [0.1, 0.15) is 0 Å². The Kier molecular flexibility index (Phi) is 5.55. The fourth-order valence-electron chi connectivity index (χ4n) is 3.88. The van der Waals surface area contributed by atoms with Gasteiger partial charge in [-0.2, -0.15) is 0 Å². The molecule has 4 N–H and O–H groups in total. The predicted molar refractivity (Wildman–Crippen MR) is 90.8 cm³/mol. The third-order valence-corrected chi connectivity index (χ3v) is 5.05. The van der Waals surface area contributed by atoms with Crippen molar-refractivity contribution in [2.24, 2.45) is 22.7 Å². The quantitative estimate of drug-likeness (QED) is 0.478. The predicted octanol–water partition coefficient (Wildman–Crippen LogP) is 3.04. The van der Waals surface area contributed by atoms with E-state index in [1.807, 2.05) is 0 Å². The molecule has 28 heavy (non-hydrogen) atoms. The summed E-state index contributed by atoms with van der Waals surface area (Å²) in [5.41, 5.74) is 5.68. The van der Waals surface area contributed by atoms with E-state index in [4.69, 9.17) is 11.1 Å². The van der Waals surface area contributed by atoms with E-state index in [2.05, 4.69) is 14.7 Å². The van der Waals surface area contributed by atoms with Crippen molar-refractivity contribution >= 4 is 17.2 Å². The molecule has 2 aliphatic rings. The molecule has 11 heteroatoms. The Hall–Kier alpha value is -2.30. The van der Waals surface area contributed by atoms with E-state index in [0.717, 1.165) is 12.3 Å². The smallest absolute Gasteiger partial charge is 0.402 e. The van der Waals surface area contributed by atoms with Gasteiger partial charge in [0.2, 0.25) is 0 Å². The molecule has 2 atom stereocenters.